The summed E-state index contributed by atoms with van der Waals surface area (Å²) < 4.78 is 19.6. The zero-order valence-corrected chi connectivity index (χ0v) is 14.5. The molecule has 124 valence electrons. The molecule has 3 rings (SSSR count). The molecule has 0 saturated carbocycles. The molecule has 2 atom stereocenters. The third kappa shape index (κ3) is 4.16. The van der Waals surface area contributed by atoms with Crippen molar-refractivity contribution in [2.75, 3.05) is 20.2 Å². The van der Waals surface area contributed by atoms with E-state index in [4.69, 9.17) is 4.74 Å². The van der Waals surface area contributed by atoms with Crippen molar-refractivity contribution >= 4 is 11.3 Å². The van der Waals surface area contributed by atoms with Gasteiger partial charge in [-0.2, -0.15) is 0 Å². The first-order valence-electron chi connectivity index (χ1n) is 8.05. The minimum absolute atomic E-state index is 0.109. The number of nitrogens with zero attached hydrogens (tertiary/aromatic N) is 2. The fraction of sp³-hybridized carbons (Fsp3) is 0.500. The number of methoxy groups -OCH3 is 1. The van der Waals surface area contributed by atoms with Crippen molar-refractivity contribution in [1.82, 2.24) is 9.88 Å². The lowest BCUT2D eigenvalue weighted by Gasteiger charge is -2.37. The third-order valence-corrected chi connectivity index (χ3v) is 5.40. The van der Waals surface area contributed by atoms with Gasteiger partial charge in [0.1, 0.15) is 5.82 Å². The molecule has 23 heavy (non-hydrogen) atoms. The van der Waals surface area contributed by atoms with Gasteiger partial charge in [-0.15, -0.1) is 11.3 Å². The topological polar surface area (TPSA) is 25.4 Å². The van der Waals surface area contributed by atoms with Crippen LogP contribution in [-0.4, -0.2) is 36.2 Å². The standard InChI is InChI=1S/C18H23FN2OS/c1-13-20-16(12-23-13)10-21-8-7-15(18(11-21)22-2)9-14-5-3-4-6-17(14)19/h3-6,12,15,18H,7-11H2,1-2H3/t15-,18+/m1/s1. The van der Waals surface area contributed by atoms with E-state index in [1.165, 1.54) is 6.07 Å². The fourth-order valence-corrected chi connectivity index (χ4v) is 3.93. The van der Waals surface area contributed by atoms with Crippen LogP contribution in [0.25, 0.3) is 0 Å². The molecule has 1 aromatic heterocycles. The first-order valence-corrected chi connectivity index (χ1v) is 8.93. The Balaban J connectivity index is 1.61. The van der Waals surface area contributed by atoms with Gasteiger partial charge in [-0.25, -0.2) is 9.37 Å². The van der Waals surface area contributed by atoms with Crippen molar-refractivity contribution in [3.63, 3.8) is 0 Å². The van der Waals surface area contributed by atoms with Crippen LogP contribution in [0.5, 0.6) is 0 Å². The number of halogens is 1. The second-order valence-electron chi connectivity index (χ2n) is 6.21. The number of ether oxygens (including phenoxy) is 1. The van der Waals surface area contributed by atoms with E-state index in [1.54, 1.807) is 24.5 Å². The summed E-state index contributed by atoms with van der Waals surface area (Å²) >= 11 is 1.69. The van der Waals surface area contributed by atoms with Crippen LogP contribution in [0.15, 0.2) is 29.6 Å². The number of benzene rings is 1. The molecule has 2 aromatic rings. The maximum atomic E-state index is 13.9. The Hall–Kier alpha value is -1.30. The average molecular weight is 334 g/mol. The molecule has 1 aliphatic heterocycles. The summed E-state index contributed by atoms with van der Waals surface area (Å²) in [6, 6.07) is 7.06. The van der Waals surface area contributed by atoms with Crippen molar-refractivity contribution in [3.05, 3.63) is 51.7 Å². The van der Waals surface area contributed by atoms with E-state index in [2.05, 4.69) is 15.3 Å². The summed E-state index contributed by atoms with van der Waals surface area (Å²) in [6.45, 7) is 4.80. The molecule has 0 spiro atoms. The van der Waals surface area contributed by atoms with Gasteiger partial charge < -0.3 is 4.74 Å². The first-order chi connectivity index (χ1) is 11.2. The highest BCUT2D eigenvalue weighted by Gasteiger charge is 2.30. The van der Waals surface area contributed by atoms with Gasteiger partial charge in [0.25, 0.3) is 0 Å². The maximum absolute atomic E-state index is 13.9. The summed E-state index contributed by atoms with van der Waals surface area (Å²) in [7, 11) is 1.76. The largest absolute Gasteiger partial charge is 0.380 e. The molecular weight excluding hydrogens is 311 g/mol. The Bertz CT molecular complexity index is 645. The molecule has 3 nitrogen and oxygen atoms in total. The van der Waals surface area contributed by atoms with Gasteiger partial charge in [0, 0.05) is 25.6 Å². The van der Waals surface area contributed by atoms with Gasteiger partial charge in [0.15, 0.2) is 0 Å². The maximum Gasteiger partial charge on any atom is 0.126 e. The van der Waals surface area contributed by atoms with E-state index in [-0.39, 0.29) is 11.9 Å². The van der Waals surface area contributed by atoms with Gasteiger partial charge in [-0.05, 0) is 43.9 Å². The highest BCUT2D eigenvalue weighted by molar-refractivity contribution is 7.09. The molecule has 1 saturated heterocycles. The normalized spacial score (nSPS) is 22.4. The molecule has 0 bridgehead atoms. The molecule has 1 fully saturated rings. The minimum Gasteiger partial charge on any atom is -0.380 e. The van der Waals surface area contributed by atoms with Gasteiger partial charge in [-0.1, -0.05) is 18.2 Å². The van der Waals surface area contributed by atoms with Crippen LogP contribution in [0.3, 0.4) is 0 Å². The van der Waals surface area contributed by atoms with E-state index in [1.807, 2.05) is 19.1 Å². The van der Waals surface area contributed by atoms with Crippen molar-refractivity contribution in [2.24, 2.45) is 5.92 Å². The molecule has 1 aromatic carbocycles. The van der Waals surface area contributed by atoms with Gasteiger partial charge >= 0.3 is 0 Å². The molecule has 5 heteroatoms. The molecule has 0 N–H and O–H groups in total. The summed E-state index contributed by atoms with van der Waals surface area (Å²) in [5.41, 5.74) is 1.93. The molecular formula is C18H23FN2OS. The van der Waals surface area contributed by atoms with Gasteiger partial charge in [-0.3, -0.25) is 4.90 Å². The number of aryl methyl sites for hydroxylation is 1. The van der Waals surface area contributed by atoms with Crippen molar-refractivity contribution in [2.45, 2.75) is 32.4 Å². The molecule has 0 aliphatic carbocycles. The monoisotopic (exact) mass is 334 g/mol. The van der Waals surface area contributed by atoms with Crippen molar-refractivity contribution in [1.29, 1.82) is 0 Å². The van der Waals surface area contributed by atoms with E-state index >= 15 is 0 Å². The van der Waals surface area contributed by atoms with E-state index in [0.29, 0.717) is 5.92 Å². The second-order valence-corrected chi connectivity index (χ2v) is 7.27. The third-order valence-electron chi connectivity index (χ3n) is 4.57. The molecule has 0 radical (unpaired) electrons. The zero-order valence-electron chi connectivity index (χ0n) is 13.7. The Labute approximate surface area is 141 Å². The number of piperidine rings is 1. The summed E-state index contributed by atoms with van der Waals surface area (Å²) in [6.07, 6.45) is 1.91. The zero-order chi connectivity index (χ0) is 16.2. The fourth-order valence-electron chi connectivity index (χ4n) is 3.33. The van der Waals surface area contributed by atoms with Crippen LogP contribution >= 0.6 is 11.3 Å². The van der Waals surface area contributed by atoms with Crippen LogP contribution in [0.2, 0.25) is 0 Å². The molecule has 0 unspecified atom stereocenters. The predicted octanol–water partition coefficient (Wildman–Crippen LogP) is 3.67. The van der Waals surface area contributed by atoms with Crippen LogP contribution in [0.1, 0.15) is 22.7 Å². The summed E-state index contributed by atoms with van der Waals surface area (Å²) in [4.78, 5) is 6.93. The SMILES string of the molecule is CO[C@H]1CN(Cc2csc(C)n2)CC[C@@H]1Cc1ccccc1F. The van der Waals surface area contributed by atoms with E-state index in [0.717, 1.165) is 48.7 Å². The van der Waals surface area contributed by atoms with Crippen molar-refractivity contribution < 1.29 is 9.13 Å². The number of thiazole rings is 1. The number of likely N-dealkylation sites (tertiary alicyclic amines) is 1. The molecule has 0 amide bonds. The van der Waals surface area contributed by atoms with Crippen molar-refractivity contribution in [3.8, 4) is 0 Å². The minimum atomic E-state index is -0.109. The van der Waals surface area contributed by atoms with Crippen LogP contribution in [-0.2, 0) is 17.7 Å². The lowest BCUT2D eigenvalue weighted by molar-refractivity contribution is -0.0141. The van der Waals surface area contributed by atoms with Gasteiger partial charge in [0.2, 0.25) is 0 Å². The second kappa shape index (κ2) is 7.51. The predicted molar refractivity (Wildman–Crippen MR) is 91.1 cm³/mol. The lowest BCUT2D eigenvalue weighted by Crippen LogP contribution is -2.45. The van der Waals surface area contributed by atoms with Crippen LogP contribution in [0.4, 0.5) is 4.39 Å². The molecule has 1 aliphatic rings. The quantitative estimate of drug-likeness (QED) is 0.834. The average Bonchev–Trinajstić information content (AvgIpc) is 2.96. The van der Waals surface area contributed by atoms with Gasteiger partial charge in [0.05, 0.1) is 16.8 Å². The number of aromatic nitrogens is 1. The lowest BCUT2D eigenvalue weighted by atomic mass is 9.87. The highest BCUT2D eigenvalue weighted by Crippen LogP contribution is 2.26. The Morgan fingerprint density at radius 2 is 2.22 bits per heavy atom. The number of rotatable bonds is 5. The Morgan fingerprint density at radius 3 is 2.91 bits per heavy atom. The van der Waals surface area contributed by atoms with Crippen LogP contribution < -0.4 is 0 Å². The highest BCUT2D eigenvalue weighted by atomic mass is 32.1. The number of hydrogen-bond donors (Lipinski definition) is 0. The Morgan fingerprint density at radius 1 is 1.39 bits per heavy atom. The summed E-state index contributed by atoms with van der Waals surface area (Å²) in [5.74, 6) is 0.257. The molecule has 2 heterocycles. The van der Waals surface area contributed by atoms with Crippen LogP contribution in [0, 0.1) is 18.7 Å². The smallest absolute Gasteiger partial charge is 0.126 e. The number of hydrogen-bond acceptors (Lipinski definition) is 4. The van der Waals surface area contributed by atoms with E-state index < -0.39 is 0 Å². The van der Waals surface area contributed by atoms with E-state index in [9.17, 15) is 4.39 Å². The Kier molecular flexibility index (Phi) is 5.41. The first kappa shape index (κ1) is 16.6. The summed E-state index contributed by atoms with van der Waals surface area (Å²) in [5, 5.41) is 3.24.